The number of aromatic nitrogens is 2. The van der Waals surface area contributed by atoms with Gasteiger partial charge in [0, 0.05) is 44.0 Å². The molecule has 3 aromatic rings. The van der Waals surface area contributed by atoms with Crippen molar-refractivity contribution >= 4 is 23.0 Å². The summed E-state index contributed by atoms with van der Waals surface area (Å²) in [6, 6.07) is 16.2. The maximum Gasteiger partial charge on any atom is 0.269 e. The summed E-state index contributed by atoms with van der Waals surface area (Å²) in [4.78, 5) is 20.2. The molecule has 1 aliphatic heterocycles. The largest absolute Gasteiger partial charge is 0.389 e. The van der Waals surface area contributed by atoms with Gasteiger partial charge in [-0.1, -0.05) is 35.5 Å². The second kappa shape index (κ2) is 9.11. The van der Waals surface area contributed by atoms with E-state index < -0.39 is 4.92 Å². The Hall–Kier alpha value is -4.15. The lowest BCUT2D eigenvalue weighted by molar-refractivity contribution is -0.384. The SMILES string of the molecule is Nc1nonc1/C(=N\OCc1ccccc1)N1CCN(c2ccc([N+](=O)[O-])cc2)CC1. The molecule has 0 bridgehead atoms. The number of non-ortho nitro benzene ring substituents is 1. The summed E-state index contributed by atoms with van der Waals surface area (Å²) in [6.45, 7) is 2.91. The quantitative estimate of drug-likeness (QED) is 0.274. The highest BCUT2D eigenvalue weighted by Gasteiger charge is 2.26. The Kier molecular flexibility index (Phi) is 5.92. The summed E-state index contributed by atoms with van der Waals surface area (Å²) in [5.41, 5.74) is 8.20. The summed E-state index contributed by atoms with van der Waals surface area (Å²) in [7, 11) is 0. The molecule has 2 N–H and O–H groups in total. The number of oxime groups is 1. The van der Waals surface area contributed by atoms with Crippen LogP contribution >= 0.6 is 0 Å². The number of nitro groups is 1. The highest BCUT2D eigenvalue weighted by molar-refractivity contribution is 6.00. The molecule has 1 fully saturated rings. The molecule has 0 aliphatic carbocycles. The number of hydrogen-bond donors (Lipinski definition) is 1. The first kappa shape index (κ1) is 20.1. The average Bonchev–Trinajstić information content (AvgIpc) is 3.23. The monoisotopic (exact) mass is 423 g/mol. The Bertz CT molecular complexity index is 1040. The molecule has 2 heterocycles. The van der Waals surface area contributed by atoms with E-state index in [-0.39, 0.29) is 11.5 Å². The van der Waals surface area contributed by atoms with Crippen molar-refractivity contribution in [1.82, 2.24) is 15.2 Å². The van der Waals surface area contributed by atoms with E-state index in [4.69, 9.17) is 15.2 Å². The lowest BCUT2D eigenvalue weighted by Gasteiger charge is -2.36. The Morgan fingerprint density at radius 2 is 1.81 bits per heavy atom. The lowest BCUT2D eigenvalue weighted by atomic mass is 10.2. The molecular weight excluding hydrogens is 402 g/mol. The number of hydrogen-bond acceptors (Lipinski definition) is 9. The van der Waals surface area contributed by atoms with Crippen molar-refractivity contribution < 1.29 is 14.4 Å². The van der Waals surface area contributed by atoms with Crippen molar-refractivity contribution in [2.75, 3.05) is 36.8 Å². The van der Waals surface area contributed by atoms with Gasteiger partial charge in [-0.25, -0.2) is 4.63 Å². The van der Waals surface area contributed by atoms with Crippen LogP contribution in [0.25, 0.3) is 0 Å². The average molecular weight is 423 g/mol. The summed E-state index contributed by atoms with van der Waals surface area (Å²) in [6.07, 6.45) is 0. The summed E-state index contributed by atoms with van der Waals surface area (Å²) in [5, 5.41) is 22.7. The van der Waals surface area contributed by atoms with E-state index >= 15 is 0 Å². The first-order chi connectivity index (χ1) is 15.1. The molecule has 1 aliphatic rings. The summed E-state index contributed by atoms with van der Waals surface area (Å²) >= 11 is 0. The zero-order valence-electron chi connectivity index (χ0n) is 16.6. The second-order valence-electron chi connectivity index (χ2n) is 6.92. The van der Waals surface area contributed by atoms with Crippen LogP contribution in [0, 0.1) is 10.1 Å². The van der Waals surface area contributed by atoms with E-state index in [0.717, 1.165) is 11.3 Å². The Labute approximate surface area is 177 Å². The van der Waals surface area contributed by atoms with E-state index in [0.29, 0.717) is 44.3 Å². The molecule has 0 saturated carbocycles. The van der Waals surface area contributed by atoms with Gasteiger partial charge < -0.3 is 20.4 Å². The van der Waals surface area contributed by atoms with Gasteiger partial charge in [-0.15, -0.1) is 0 Å². The Balaban J connectivity index is 1.45. The summed E-state index contributed by atoms with van der Waals surface area (Å²) < 4.78 is 4.75. The topological polar surface area (TPSA) is 136 Å². The molecule has 0 radical (unpaired) electrons. The van der Waals surface area contributed by atoms with E-state index in [2.05, 4.69) is 20.4 Å². The molecule has 11 nitrogen and oxygen atoms in total. The molecule has 11 heteroatoms. The Morgan fingerprint density at radius 1 is 1.10 bits per heavy atom. The van der Waals surface area contributed by atoms with Gasteiger partial charge in [-0.05, 0) is 28.0 Å². The third-order valence-corrected chi connectivity index (χ3v) is 4.96. The fourth-order valence-corrected chi connectivity index (χ4v) is 3.31. The maximum absolute atomic E-state index is 10.9. The van der Waals surface area contributed by atoms with E-state index in [1.807, 2.05) is 35.2 Å². The third-order valence-electron chi connectivity index (χ3n) is 4.96. The van der Waals surface area contributed by atoms with E-state index in [1.165, 1.54) is 12.1 Å². The fourth-order valence-electron chi connectivity index (χ4n) is 3.31. The van der Waals surface area contributed by atoms with Crippen molar-refractivity contribution in [2.24, 2.45) is 5.16 Å². The molecule has 0 atom stereocenters. The van der Waals surface area contributed by atoms with Gasteiger partial charge in [-0.3, -0.25) is 10.1 Å². The van der Waals surface area contributed by atoms with Crippen LogP contribution in [0.1, 0.15) is 11.3 Å². The smallest absolute Gasteiger partial charge is 0.269 e. The standard InChI is InChI=1S/C20H21N7O4/c21-19-18(22-31-23-19)20(24-30-14-15-4-2-1-3-5-15)26-12-10-25(11-13-26)16-6-8-17(9-7-16)27(28)29/h1-9H,10-14H2,(H2,21,23)/b24-20+. The fraction of sp³-hybridized carbons (Fsp3) is 0.250. The summed E-state index contributed by atoms with van der Waals surface area (Å²) in [5.74, 6) is 0.595. The van der Waals surface area contributed by atoms with Crippen LogP contribution in [0.2, 0.25) is 0 Å². The zero-order chi connectivity index (χ0) is 21.6. The molecule has 2 aromatic carbocycles. The minimum Gasteiger partial charge on any atom is -0.389 e. The van der Waals surface area contributed by atoms with Crippen molar-refractivity contribution in [3.8, 4) is 0 Å². The van der Waals surface area contributed by atoms with Crippen LogP contribution in [0.3, 0.4) is 0 Å². The predicted molar refractivity (Wildman–Crippen MR) is 113 cm³/mol. The molecular formula is C20H21N7O4. The van der Waals surface area contributed by atoms with Crippen molar-refractivity contribution in [2.45, 2.75) is 6.61 Å². The number of nitro benzene ring substituents is 1. The highest BCUT2D eigenvalue weighted by atomic mass is 16.6. The van der Waals surface area contributed by atoms with Crippen LogP contribution in [0.5, 0.6) is 0 Å². The first-order valence-electron chi connectivity index (χ1n) is 9.68. The van der Waals surface area contributed by atoms with Crippen molar-refractivity contribution in [3.05, 3.63) is 76.0 Å². The van der Waals surface area contributed by atoms with E-state index in [9.17, 15) is 10.1 Å². The first-order valence-corrected chi connectivity index (χ1v) is 9.68. The lowest BCUT2D eigenvalue weighted by Crippen LogP contribution is -2.49. The van der Waals surface area contributed by atoms with Gasteiger partial charge in [-0.2, -0.15) is 0 Å². The molecule has 31 heavy (non-hydrogen) atoms. The molecule has 4 rings (SSSR count). The normalized spacial score (nSPS) is 14.5. The van der Waals surface area contributed by atoms with Crippen molar-refractivity contribution in [3.63, 3.8) is 0 Å². The maximum atomic E-state index is 10.9. The van der Waals surface area contributed by atoms with Crippen LogP contribution in [0.15, 0.2) is 64.4 Å². The van der Waals surface area contributed by atoms with Gasteiger partial charge in [0.25, 0.3) is 5.69 Å². The van der Waals surface area contributed by atoms with Crippen LogP contribution in [-0.4, -0.2) is 52.2 Å². The number of rotatable bonds is 6. The molecule has 160 valence electrons. The minimum absolute atomic E-state index is 0.0707. The van der Waals surface area contributed by atoms with Crippen molar-refractivity contribution in [1.29, 1.82) is 0 Å². The third kappa shape index (κ3) is 4.71. The molecule has 1 aromatic heterocycles. The number of piperazine rings is 1. The zero-order valence-corrected chi connectivity index (χ0v) is 16.6. The number of nitrogen functional groups attached to an aromatic ring is 1. The number of nitrogens with zero attached hydrogens (tertiary/aromatic N) is 6. The number of anilines is 2. The van der Waals surface area contributed by atoms with Gasteiger partial charge in [0.2, 0.25) is 5.84 Å². The molecule has 1 saturated heterocycles. The van der Waals surface area contributed by atoms with Crippen LogP contribution < -0.4 is 10.6 Å². The van der Waals surface area contributed by atoms with E-state index in [1.54, 1.807) is 12.1 Å². The molecule has 0 amide bonds. The Morgan fingerprint density at radius 3 is 2.42 bits per heavy atom. The van der Waals surface area contributed by atoms with Crippen LogP contribution in [-0.2, 0) is 11.4 Å². The van der Waals surface area contributed by atoms with Gasteiger partial charge in [0.1, 0.15) is 6.61 Å². The van der Waals surface area contributed by atoms with Gasteiger partial charge >= 0.3 is 0 Å². The van der Waals surface area contributed by atoms with Gasteiger partial charge in [0.05, 0.1) is 4.92 Å². The predicted octanol–water partition coefficient (Wildman–Crippen LogP) is 2.26. The number of nitrogens with two attached hydrogens (primary N) is 1. The van der Waals surface area contributed by atoms with Gasteiger partial charge in [0.15, 0.2) is 11.5 Å². The molecule has 0 unspecified atom stereocenters. The number of amidine groups is 1. The minimum atomic E-state index is -0.406. The number of benzene rings is 2. The highest BCUT2D eigenvalue weighted by Crippen LogP contribution is 2.22. The molecule has 0 spiro atoms. The van der Waals surface area contributed by atoms with Crippen LogP contribution in [0.4, 0.5) is 17.2 Å². The second-order valence-corrected chi connectivity index (χ2v) is 6.92.